The van der Waals surface area contributed by atoms with Crippen LogP contribution in [0.4, 0.5) is 4.79 Å². The number of aromatic hydroxyl groups is 1. The summed E-state index contributed by atoms with van der Waals surface area (Å²) in [6.07, 6.45) is 1.54. The monoisotopic (exact) mass is 453 g/mol. The van der Waals surface area contributed by atoms with E-state index in [0.717, 1.165) is 16.2 Å². The van der Waals surface area contributed by atoms with Crippen molar-refractivity contribution in [2.24, 2.45) is 0 Å². The molecule has 7 heteroatoms. The second kappa shape index (κ2) is 5.84. The number of hydrogen-bond acceptors (Lipinski definition) is 4. The molecular weight excluding hydrogens is 445 g/mol. The normalized spacial score (nSPS) is 17.6. The van der Waals surface area contributed by atoms with E-state index in [2.05, 4.69) is 15.9 Å². The Labute approximate surface area is 136 Å². The van der Waals surface area contributed by atoms with Gasteiger partial charge in [-0.3, -0.25) is 14.5 Å². The molecular formula is C12H9BrINO3S. The highest BCUT2D eigenvalue weighted by molar-refractivity contribution is 14.1. The van der Waals surface area contributed by atoms with Crippen LogP contribution in [-0.2, 0) is 4.79 Å². The number of imide groups is 1. The number of thioether (sulfide) groups is 1. The lowest BCUT2D eigenvalue weighted by Gasteiger charge is -2.07. The minimum atomic E-state index is -0.313. The summed E-state index contributed by atoms with van der Waals surface area (Å²) in [5.74, 6) is -0.209. The molecule has 0 aromatic heterocycles. The van der Waals surface area contributed by atoms with E-state index in [1.54, 1.807) is 25.1 Å². The minimum absolute atomic E-state index is 0.104. The Morgan fingerprint density at radius 3 is 2.74 bits per heavy atom. The summed E-state index contributed by atoms with van der Waals surface area (Å²) in [4.78, 5) is 25.0. The highest BCUT2D eigenvalue weighted by Gasteiger charge is 2.33. The van der Waals surface area contributed by atoms with Gasteiger partial charge < -0.3 is 5.11 Å². The molecule has 2 rings (SSSR count). The second-order valence-corrected chi connectivity index (χ2v) is 6.82. The zero-order chi connectivity index (χ0) is 14.2. The smallest absolute Gasteiger partial charge is 0.293 e. The van der Waals surface area contributed by atoms with Crippen LogP contribution in [0.25, 0.3) is 6.08 Å². The summed E-state index contributed by atoms with van der Waals surface area (Å²) in [7, 11) is 0. The first-order valence-electron chi connectivity index (χ1n) is 5.37. The predicted octanol–water partition coefficient (Wildman–Crippen LogP) is 3.82. The van der Waals surface area contributed by atoms with Gasteiger partial charge in [0, 0.05) is 16.6 Å². The van der Waals surface area contributed by atoms with Crippen molar-refractivity contribution in [3.8, 4) is 5.75 Å². The van der Waals surface area contributed by atoms with E-state index in [4.69, 9.17) is 0 Å². The highest BCUT2D eigenvalue weighted by Crippen LogP contribution is 2.35. The number of hydrogen-bond donors (Lipinski definition) is 1. The minimum Gasteiger partial charge on any atom is -0.506 e. The molecule has 0 bridgehead atoms. The van der Waals surface area contributed by atoms with Crippen LogP contribution in [0.5, 0.6) is 5.75 Å². The topological polar surface area (TPSA) is 57.6 Å². The molecule has 0 radical (unpaired) electrons. The number of nitrogens with zero attached hydrogens (tertiary/aromatic N) is 1. The van der Waals surface area contributed by atoms with Crippen molar-refractivity contribution in [2.75, 3.05) is 6.54 Å². The Bertz CT molecular complexity index is 603. The van der Waals surface area contributed by atoms with Crippen molar-refractivity contribution < 1.29 is 14.7 Å². The molecule has 0 aliphatic carbocycles. The van der Waals surface area contributed by atoms with Gasteiger partial charge >= 0.3 is 0 Å². The molecule has 0 atom stereocenters. The largest absolute Gasteiger partial charge is 0.506 e. The van der Waals surface area contributed by atoms with Gasteiger partial charge in [0.2, 0.25) is 0 Å². The lowest BCUT2D eigenvalue weighted by molar-refractivity contribution is -0.122. The van der Waals surface area contributed by atoms with Gasteiger partial charge in [-0.1, -0.05) is 15.9 Å². The lowest BCUT2D eigenvalue weighted by Crippen LogP contribution is -2.27. The second-order valence-electron chi connectivity index (χ2n) is 3.75. The molecule has 1 heterocycles. The number of amides is 2. The molecule has 0 unspecified atom stereocenters. The molecule has 1 aliphatic rings. The molecule has 0 saturated carbocycles. The fourth-order valence-electron chi connectivity index (χ4n) is 1.61. The molecule has 1 fully saturated rings. The van der Waals surface area contributed by atoms with Crippen molar-refractivity contribution in [3.05, 3.63) is 30.6 Å². The van der Waals surface area contributed by atoms with E-state index < -0.39 is 0 Å². The van der Waals surface area contributed by atoms with Crippen LogP contribution in [0, 0.1) is 3.57 Å². The fourth-order valence-corrected chi connectivity index (χ4v) is 4.05. The average Bonchev–Trinajstić information content (AvgIpc) is 2.60. The van der Waals surface area contributed by atoms with Crippen LogP contribution in [0.15, 0.2) is 21.5 Å². The van der Waals surface area contributed by atoms with Gasteiger partial charge in [0.1, 0.15) is 5.75 Å². The first-order valence-corrected chi connectivity index (χ1v) is 8.06. The SMILES string of the molecule is CCN1C(=O)S/C(=C\c2cc(Br)cc(I)c2O)C1=O. The third-order valence-corrected chi connectivity index (χ3v) is 4.72. The zero-order valence-corrected chi connectivity index (χ0v) is 14.4. The Kier molecular flexibility index (Phi) is 4.57. The van der Waals surface area contributed by atoms with Crippen LogP contribution in [-0.4, -0.2) is 27.7 Å². The van der Waals surface area contributed by atoms with Crippen molar-refractivity contribution in [1.29, 1.82) is 0 Å². The number of rotatable bonds is 2. The van der Waals surface area contributed by atoms with E-state index in [9.17, 15) is 14.7 Å². The summed E-state index contributed by atoms with van der Waals surface area (Å²) in [5, 5.41) is 9.69. The van der Waals surface area contributed by atoms with Crippen LogP contribution >= 0.6 is 50.3 Å². The summed E-state index contributed by atoms with van der Waals surface area (Å²) >= 11 is 6.23. The standard InChI is InChI=1S/C12H9BrINO3S/c1-2-15-11(17)9(19-12(15)18)4-6-3-7(13)5-8(14)10(6)16/h3-5,16H,2H2,1H3/b9-4-. The maximum Gasteiger partial charge on any atom is 0.293 e. The van der Waals surface area contributed by atoms with Gasteiger partial charge in [-0.15, -0.1) is 0 Å². The third kappa shape index (κ3) is 2.97. The molecule has 100 valence electrons. The molecule has 0 spiro atoms. The van der Waals surface area contributed by atoms with Crippen molar-refractivity contribution >= 4 is 67.5 Å². The van der Waals surface area contributed by atoms with Crippen molar-refractivity contribution in [3.63, 3.8) is 0 Å². The average molecular weight is 454 g/mol. The summed E-state index contributed by atoms with van der Waals surface area (Å²) in [5.41, 5.74) is 0.514. The molecule has 1 aromatic carbocycles. The maximum atomic E-state index is 12.0. The molecule has 1 aromatic rings. The number of benzene rings is 1. The lowest BCUT2D eigenvalue weighted by atomic mass is 10.2. The van der Waals surface area contributed by atoms with Crippen molar-refractivity contribution in [2.45, 2.75) is 6.92 Å². The van der Waals surface area contributed by atoms with E-state index >= 15 is 0 Å². The number of phenols is 1. The molecule has 1 aliphatic heterocycles. The fraction of sp³-hybridized carbons (Fsp3) is 0.167. The van der Waals surface area contributed by atoms with Gasteiger partial charge in [-0.25, -0.2) is 0 Å². The van der Waals surface area contributed by atoms with Gasteiger partial charge in [-0.2, -0.15) is 0 Å². The van der Waals surface area contributed by atoms with E-state index in [0.29, 0.717) is 20.6 Å². The molecule has 1 N–H and O–H groups in total. The Morgan fingerprint density at radius 1 is 1.47 bits per heavy atom. The Balaban J connectivity index is 2.43. The quantitative estimate of drug-likeness (QED) is 0.546. The van der Waals surface area contributed by atoms with Crippen LogP contribution in [0.3, 0.4) is 0 Å². The van der Waals surface area contributed by atoms with E-state index in [1.807, 2.05) is 22.6 Å². The summed E-state index contributed by atoms with van der Waals surface area (Å²) in [6, 6.07) is 3.47. The number of phenolic OH excluding ortho intramolecular Hbond substituents is 1. The molecule has 1 saturated heterocycles. The van der Waals surface area contributed by atoms with Gasteiger partial charge in [0.05, 0.1) is 8.48 Å². The van der Waals surface area contributed by atoms with Gasteiger partial charge in [0.25, 0.3) is 11.1 Å². The van der Waals surface area contributed by atoms with Crippen molar-refractivity contribution in [1.82, 2.24) is 4.90 Å². The van der Waals surface area contributed by atoms with Gasteiger partial charge in [-0.05, 0) is 59.5 Å². The van der Waals surface area contributed by atoms with Crippen LogP contribution in [0.1, 0.15) is 12.5 Å². The summed E-state index contributed by atoms with van der Waals surface area (Å²) in [6.45, 7) is 2.10. The molecule has 2 amide bonds. The predicted molar refractivity (Wildman–Crippen MR) is 86.9 cm³/mol. The Hall–Kier alpha value is -0.540. The van der Waals surface area contributed by atoms with Gasteiger partial charge in [0.15, 0.2) is 0 Å². The van der Waals surface area contributed by atoms with E-state index in [-0.39, 0.29) is 16.9 Å². The first kappa shape index (κ1) is 14.9. The Morgan fingerprint density at radius 2 is 2.16 bits per heavy atom. The zero-order valence-electron chi connectivity index (χ0n) is 9.81. The maximum absolute atomic E-state index is 12.0. The van der Waals surface area contributed by atoms with Crippen LogP contribution in [0.2, 0.25) is 0 Å². The third-order valence-electron chi connectivity index (χ3n) is 2.53. The summed E-state index contributed by atoms with van der Waals surface area (Å²) < 4.78 is 1.48. The van der Waals surface area contributed by atoms with E-state index in [1.165, 1.54) is 4.90 Å². The number of carbonyl (C=O) groups excluding carboxylic acids is 2. The molecule has 19 heavy (non-hydrogen) atoms. The van der Waals surface area contributed by atoms with Crippen LogP contribution < -0.4 is 0 Å². The number of likely N-dealkylation sites (N-methyl/N-ethyl adjacent to an activating group) is 1. The molecule has 4 nitrogen and oxygen atoms in total. The number of halogens is 2. The first-order chi connectivity index (χ1) is 8.93. The highest BCUT2D eigenvalue weighted by atomic mass is 127. The number of carbonyl (C=O) groups is 2.